The molecule has 1 aliphatic rings. The van der Waals surface area contributed by atoms with Crippen molar-refractivity contribution in [2.45, 2.75) is 33.2 Å². The van der Waals surface area contributed by atoms with Crippen molar-refractivity contribution in [3.63, 3.8) is 0 Å². The fraction of sp³-hybridized carbons (Fsp3) is 0.667. The normalized spacial score (nSPS) is 17.6. The van der Waals surface area contributed by atoms with Gasteiger partial charge in [-0.15, -0.1) is 0 Å². The molecule has 27 heavy (non-hydrogen) atoms. The molecule has 0 radical (unpaired) electrons. The molecular formula is C21H37N5O. The lowest BCUT2D eigenvalue weighted by Gasteiger charge is -2.35. The molecule has 0 bridgehead atoms. The van der Waals surface area contributed by atoms with Crippen molar-refractivity contribution in [1.82, 2.24) is 20.4 Å². The van der Waals surface area contributed by atoms with Gasteiger partial charge in [0.05, 0.1) is 13.7 Å². The number of nitrogens with one attached hydrogen (secondary N) is 2. The third-order valence-electron chi connectivity index (χ3n) is 5.20. The van der Waals surface area contributed by atoms with Gasteiger partial charge in [0, 0.05) is 45.3 Å². The summed E-state index contributed by atoms with van der Waals surface area (Å²) in [5.41, 5.74) is 2.44. The van der Waals surface area contributed by atoms with Crippen LogP contribution < -0.4 is 15.4 Å². The number of guanidine groups is 1. The fourth-order valence-corrected chi connectivity index (χ4v) is 3.29. The van der Waals surface area contributed by atoms with Gasteiger partial charge in [0.2, 0.25) is 0 Å². The lowest BCUT2D eigenvalue weighted by Crippen LogP contribution is -2.49. The summed E-state index contributed by atoms with van der Waals surface area (Å²) in [5, 5.41) is 6.81. The molecule has 1 aliphatic heterocycles. The predicted octanol–water partition coefficient (Wildman–Crippen LogP) is 1.74. The Morgan fingerprint density at radius 2 is 1.96 bits per heavy atom. The monoisotopic (exact) mass is 375 g/mol. The zero-order chi connectivity index (χ0) is 19.6. The van der Waals surface area contributed by atoms with Crippen LogP contribution in [-0.4, -0.2) is 81.8 Å². The molecule has 2 rings (SSSR count). The van der Waals surface area contributed by atoms with Gasteiger partial charge >= 0.3 is 0 Å². The first kappa shape index (κ1) is 21.5. The van der Waals surface area contributed by atoms with Crippen LogP contribution in [0.1, 0.15) is 25.0 Å². The first-order chi connectivity index (χ1) is 13.0. The van der Waals surface area contributed by atoms with Crippen LogP contribution >= 0.6 is 0 Å². The molecule has 6 nitrogen and oxygen atoms in total. The Morgan fingerprint density at radius 1 is 1.22 bits per heavy atom. The van der Waals surface area contributed by atoms with Crippen molar-refractivity contribution in [3.8, 4) is 5.75 Å². The maximum atomic E-state index is 5.42. The summed E-state index contributed by atoms with van der Waals surface area (Å²) in [5.74, 6) is 1.85. The van der Waals surface area contributed by atoms with Crippen LogP contribution in [0.4, 0.5) is 0 Å². The van der Waals surface area contributed by atoms with Gasteiger partial charge in [-0.25, -0.2) is 0 Å². The summed E-state index contributed by atoms with van der Waals surface area (Å²) < 4.78 is 5.42. The van der Waals surface area contributed by atoms with Gasteiger partial charge in [-0.05, 0) is 51.4 Å². The summed E-state index contributed by atoms with van der Waals surface area (Å²) in [7, 11) is 3.92. The number of aryl methyl sites for hydroxylation is 1. The summed E-state index contributed by atoms with van der Waals surface area (Å²) in [6.45, 7) is 13.5. The number of likely N-dealkylation sites (N-methyl/N-ethyl adjacent to an activating group) is 1. The number of ether oxygens (including phenoxy) is 1. The highest BCUT2D eigenvalue weighted by atomic mass is 16.5. The third-order valence-corrected chi connectivity index (χ3v) is 5.20. The highest BCUT2D eigenvalue weighted by Gasteiger charge is 2.18. The van der Waals surface area contributed by atoms with E-state index in [4.69, 9.17) is 9.73 Å². The van der Waals surface area contributed by atoms with E-state index in [1.165, 1.54) is 11.1 Å². The van der Waals surface area contributed by atoms with E-state index < -0.39 is 0 Å². The van der Waals surface area contributed by atoms with Gasteiger partial charge in [-0.2, -0.15) is 0 Å². The number of rotatable bonds is 8. The van der Waals surface area contributed by atoms with Gasteiger partial charge in [0.25, 0.3) is 0 Å². The van der Waals surface area contributed by atoms with Crippen molar-refractivity contribution in [2.24, 2.45) is 4.99 Å². The molecule has 1 aromatic rings. The third kappa shape index (κ3) is 7.03. The van der Waals surface area contributed by atoms with Gasteiger partial charge in [0.15, 0.2) is 5.96 Å². The van der Waals surface area contributed by atoms with E-state index in [2.05, 4.69) is 66.5 Å². The lowest BCUT2D eigenvalue weighted by molar-refractivity contribution is 0.122. The van der Waals surface area contributed by atoms with Crippen molar-refractivity contribution < 1.29 is 4.74 Å². The SMILES string of the molecule is CCNC(=NCC(C)N1CCN(C)CC1)NCCc1ccc(C)c(OC)c1. The van der Waals surface area contributed by atoms with Crippen LogP contribution in [0.2, 0.25) is 0 Å². The Labute approximate surface area is 165 Å². The van der Waals surface area contributed by atoms with Crippen molar-refractivity contribution in [3.05, 3.63) is 29.3 Å². The molecule has 1 aromatic carbocycles. The highest BCUT2D eigenvalue weighted by molar-refractivity contribution is 5.79. The van der Waals surface area contributed by atoms with Gasteiger partial charge < -0.3 is 20.3 Å². The lowest BCUT2D eigenvalue weighted by atomic mass is 10.1. The molecule has 1 saturated heterocycles. The second-order valence-electron chi connectivity index (χ2n) is 7.39. The maximum absolute atomic E-state index is 5.42. The smallest absolute Gasteiger partial charge is 0.191 e. The first-order valence-corrected chi connectivity index (χ1v) is 10.1. The molecule has 1 atom stereocenters. The molecule has 1 heterocycles. The average Bonchev–Trinajstić information content (AvgIpc) is 2.67. The van der Waals surface area contributed by atoms with E-state index in [9.17, 15) is 0 Å². The van der Waals surface area contributed by atoms with Gasteiger partial charge in [0.1, 0.15) is 5.75 Å². The maximum Gasteiger partial charge on any atom is 0.191 e. The Hall–Kier alpha value is -1.79. The van der Waals surface area contributed by atoms with Crippen LogP contribution in [-0.2, 0) is 6.42 Å². The minimum Gasteiger partial charge on any atom is -0.496 e. The molecule has 0 aliphatic carbocycles. The number of benzene rings is 1. The standard InChI is InChI=1S/C21H37N5O/c1-6-22-21(24-16-18(3)26-13-11-25(4)12-14-26)23-10-9-19-8-7-17(2)20(15-19)27-5/h7-8,15,18H,6,9-14,16H2,1-5H3,(H2,22,23,24). The number of methoxy groups -OCH3 is 1. The molecule has 0 saturated carbocycles. The summed E-state index contributed by atoms with van der Waals surface area (Å²) in [6, 6.07) is 6.87. The Bertz CT molecular complexity index is 596. The Morgan fingerprint density at radius 3 is 2.63 bits per heavy atom. The van der Waals surface area contributed by atoms with Crippen LogP contribution in [0.3, 0.4) is 0 Å². The molecule has 6 heteroatoms. The van der Waals surface area contributed by atoms with E-state index in [-0.39, 0.29) is 0 Å². The largest absolute Gasteiger partial charge is 0.496 e. The highest BCUT2D eigenvalue weighted by Crippen LogP contribution is 2.19. The fourth-order valence-electron chi connectivity index (χ4n) is 3.29. The summed E-state index contributed by atoms with van der Waals surface area (Å²) >= 11 is 0. The predicted molar refractivity (Wildman–Crippen MR) is 114 cm³/mol. The minimum absolute atomic E-state index is 0.468. The van der Waals surface area contributed by atoms with Gasteiger partial charge in [-0.3, -0.25) is 9.89 Å². The van der Waals surface area contributed by atoms with Crippen molar-refractivity contribution in [1.29, 1.82) is 0 Å². The summed E-state index contributed by atoms with van der Waals surface area (Å²) in [4.78, 5) is 9.72. The van der Waals surface area contributed by atoms with E-state index in [1.807, 2.05) is 0 Å². The number of hydrogen-bond acceptors (Lipinski definition) is 4. The van der Waals surface area contributed by atoms with E-state index in [0.29, 0.717) is 6.04 Å². The molecular weight excluding hydrogens is 338 g/mol. The zero-order valence-electron chi connectivity index (χ0n) is 17.7. The zero-order valence-corrected chi connectivity index (χ0v) is 17.7. The second-order valence-corrected chi connectivity index (χ2v) is 7.39. The van der Waals surface area contributed by atoms with Gasteiger partial charge in [-0.1, -0.05) is 12.1 Å². The van der Waals surface area contributed by atoms with E-state index >= 15 is 0 Å². The van der Waals surface area contributed by atoms with E-state index in [0.717, 1.165) is 63.9 Å². The number of hydrogen-bond donors (Lipinski definition) is 2. The molecule has 0 aromatic heterocycles. The summed E-state index contributed by atoms with van der Waals surface area (Å²) in [6.07, 6.45) is 0.940. The van der Waals surface area contributed by atoms with E-state index in [1.54, 1.807) is 7.11 Å². The quantitative estimate of drug-likeness (QED) is 0.535. The van der Waals surface area contributed by atoms with Crippen LogP contribution in [0.5, 0.6) is 5.75 Å². The molecule has 0 spiro atoms. The van der Waals surface area contributed by atoms with Crippen molar-refractivity contribution >= 4 is 5.96 Å². The van der Waals surface area contributed by atoms with Crippen LogP contribution in [0, 0.1) is 6.92 Å². The molecule has 152 valence electrons. The molecule has 1 fully saturated rings. The second kappa shape index (κ2) is 11.1. The molecule has 1 unspecified atom stereocenters. The minimum atomic E-state index is 0.468. The first-order valence-electron chi connectivity index (χ1n) is 10.1. The molecule has 2 N–H and O–H groups in total. The topological polar surface area (TPSA) is 52.1 Å². The number of piperazine rings is 1. The number of nitrogens with zero attached hydrogens (tertiary/aromatic N) is 3. The van der Waals surface area contributed by atoms with Crippen LogP contribution in [0.15, 0.2) is 23.2 Å². The Kier molecular flexibility index (Phi) is 8.88. The van der Waals surface area contributed by atoms with Crippen LogP contribution in [0.25, 0.3) is 0 Å². The molecule has 0 amide bonds. The number of aliphatic imine (C=N–C) groups is 1. The average molecular weight is 376 g/mol. The Balaban J connectivity index is 1.82. The van der Waals surface area contributed by atoms with Crippen molar-refractivity contribution in [2.75, 3.05) is 60.0 Å².